The minimum atomic E-state index is -0.255. The molecule has 0 aliphatic carbocycles. The zero-order valence-electron chi connectivity index (χ0n) is 11.3. The third-order valence-electron chi connectivity index (χ3n) is 3.05. The second-order valence-corrected chi connectivity index (χ2v) is 5.54. The first kappa shape index (κ1) is 14.8. The van der Waals surface area contributed by atoms with Gasteiger partial charge in [0.25, 0.3) is 0 Å². The van der Waals surface area contributed by atoms with Crippen molar-refractivity contribution in [3.63, 3.8) is 0 Å². The van der Waals surface area contributed by atoms with Gasteiger partial charge in [-0.05, 0) is 42.7 Å². The summed E-state index contributed by atoms with van der Waals surface area (Å²) in [6, 6.07) is 12.2. The van der Waals surface area contributed by atoms with E-state index in [2.05, 4.69) is 0 Å². The molecule has 0 unspecified atom stereocenters. The number of nitrogens with zero attached hydrogens (tertiary/aromatic N) is 1. The standard InChI is InChI=1S/C15H15FN2S2/c1-18(11-8-6-10(16)7-9-11)12-4-3-5-13(20-2)14(12)15(17)19/h3-9H,1-2H3,(H2,17,19). The third kappa shape index (κ3) is 2.94. The van der Waals surface area contributed by atoms with Crippen LogP contribution in [-0.4, -0.2) is 18.3 Å². The van der Waals surface area contributed by atoms with Gasteiger partial charge in [0.15, 0.2) is 0 Å². The molecule has 2 aromatic rings. The quantitative estimate of drug-likeness (QED) is 0.684. The van der Waals surface area contributed by atoms with E-state index >= 15 is 0 Å². The lowest BCUT2D eigenvalue weighted by Gasteiger charge is -2.23. The van der Waals surface area contributed by atoms with Crippen molar-refractivity contribution in [3.05, 3.63) is 53.8 Å². The Hall–Kier alpha value is -1.59. The number of hydrogen-bond donors (Lipinski definition) is 1. The first-order valence-corrected chi connectivity index (χ1v) is 7.64. The molecule has 2 aromatic carbocycles. The molecule has 2 N–H and O–H groups in total. The van der Waals surface area contributed by atoms with Gasteiger partial charge in [-0.1, -0.05) is 18.3 Å². The summed E-state index contributed by atoms with van der Waals surface area (Å²) in [5, 5.41) is 0. The van der Waals surface area contributed by atoms with Gasteiger partial charge >= 0.3 is 0 Å². The van der Waals surface area contributed by atoms with Crippen LogP contribution in [-0.2, 0) is 0 Å². The lowest BCUT2D eigenvalue weighted by Crippen LogP contribution is -2.18. The summed E-state index contributed by atoms with van der Waals surface area (Å²) in [6.45, 7) is 0. The summed E-state index contributed by atoms with van der Waals surface area (Å²) >= 11 is 6.77. The number of thiocarbonyl (C=S) groups is 1. The number of hydrogen-bond acceptors (Lipinski definition) is 3. The lowest BCUT2D eigenvalue weighted by atomic mass is 10.1. The summed E-state index contributed by atoms with van der Waals surface area (Å²) in [4.78, 5) is 3.34. The van der Waals surface area contributed by atoms with Gasteiger partial charge in [0.1, 0.15) is 10.8 Å². The van der Waals surface area contributed by atoms with Crippen molar-refractivity contribution in [1.82, 2.24) is 0 Å². The Balaban J connectivity index is 2.51. The highest BCUT2D eigenvalue weighted by Gasteiger charge is 2.15. The summed E-state index contributed by atoms with van der Waals surface area (Å²) in [5.41, 5.74) is 8.50. The molecule has 0 heterocycles. The van der Waals surface area contributed by atoms with E-state index in [1.54, 1.807) is 23.9 Å². The molecular formula is C15H15FN2S2. The van der Waals surface area contributed by atoms with Crippen molar-refractivity contribution in [3.8, 4) is 0 Å². The molecule has 0 saturated heterocycles. The minimum absolute atomic E-state index is 0.255. The molecule has 0 atom stereocenters. The second-order valence-electron chi connectivity index (χ2n) is 4.25. The molecule has 0 saturated carbocycles. The van der Waals surface area contributed by atoms with Crippen LogP contribution in [0, 0.1) is 5.82 Å². The van der Waals surface area contributed by atoms with Gasteiger partial charge in [0.2, 0.25) is 0 Å². The third-order valence-corrected chi connectivity index (χ3v) is 4.03. The van der Waals surface area contributed by atoms with E-state index in [1.807, 2.05) is 36.4 Å². The predicted octanol–water partition coefficient (Wildman–Crippen LogP) is 3.95. The fourth-order valence-corrected chi connectivity index (χ4v) is 2.93. The Morgan fingerprint density at radius 3 is 2.40 bits per heavy atom. The van der Waals surface area contributed by atoms with Crippen LogP contribution in [0.15, 0.2) is 47.4 Å². The van der Waals surface area contributed by atoms with Gasteiger partial charge in [-0.15, -0.1) is 11.8 Å². The Morgan fingerprint density at radius 1 is 1.20 bits per heavy atom. The van der Waals surface area contributed by atoms with Crippen molar-refractivity contribution < 1.29 is 4.39 Å². The fourth-order valence-electron chi connectivity index (χ4n) is 2.02. The molecule has 5 heteroatoms. The van der Waals surface area contributed by atoms with Crippen LogP contribution in [0.25, 0.3) is 0 Å². The molecule has 0 fully saturated rings. The minimum Gasteiger partial charge on any atom is -0.389 e. The van der Waals surface area contributed by atoms with E-state index in [-0.39, 0.29) is 5.82 Å². The number of thioether (sulfide) groups is 1. The highest BCUT2D eigenvalue weighted by molar-refractivity contribution is 7.98. The van der Waals surface area contributed by atoms with Crippen molar-refractivity contribution in [2.75, 3.05) is 18.2 Å². The molecule has 0 amide bonds. The summed E-state index contributed by atoms with van der Waals surface area (Å²) in [7, 11) is 1.91. The lowest BCUT2D eigenvalue weighted by molar-refractivity contribution is 0.628. The van der Waals surface area contributed by atoms with Crippen LogP contribution in [0.2, 0.25) is 0 Å². The zero-order valence-corrected chi connectivity index (χ0v) is 12.9. The van der Waals surface area contributed by atoms with Gasteiger partial charge in [0.05, 0.1) is 5.69 Å². The smallest absolute Gasteiger partial charge is 0.123 e. The maximum absolute atomic E-state index is 13.0. The van der Waals surface area contributed by atoms with Gasteiger partial charge < -0.3 is 10.6 Å². The van der Waals surface area contributed by atoms with E-state index in [4.69, 9.17) is 18.0 Å². The molecule has 2 rings (SSSR count). The number of rotatable bonds is 4. The average molecular weight is 306 g/mol. The number of anilines is 2. The molecule has 0 aliphatic heterocycles. The summed E-state index contributed by atoms with van der Waals surface area (Å²) in [5.74, 6) is -0.255. The molecule has 20 heavy (non-hydrogen) atoms. The fraction of sp³-hybridized carbons (Fsp3) is 0.133. The number of halogens is 1. The van der Waals surface area contributed by atoms with Crippen LogP contribution in [0.1, 0.15) is 5.56 Å². The maximum Gasteiger partial charge on any atom is 0.123 e. The molecule has 2 nitrogen and oxygen atoms in total. The van der Waals surface area contributed by atoms with E-state index in [9.17, 15) is 4.39 Å². The van der Waals surface area contributed by atoms with Crippen molar-refractivity contribution in [2.24, 2.45) is 5.73 Å². The average Bonchev–Trinajstić information content (AvgIpc) is 2.46. The first-order chi connectivity index (χ1) is 9.54. The highest BCUT2D eigenvalue weighted by atomic mass is 32.2. The summed E-state index contributed by atoms with van der Waals surface area (Å²) in [6.07, 6.45) is 1.98. The van der Waals surface area contributed by atoms with E-state index < -0.39 is 0 Å². The normalized spacial score (nSPS) is 10.3. The Morgan fingerprint density at radius 2 is 1.85 bits per heavy atom. The van der Waals surface area contributed by atoms with Crippen LogP contribution < -0.4 is 10.6 Å². The van der Waals surface area contributed by atoms with E-state index in [0.29, 0.717) is 4.99 Å². The summed E-state index contributed by atoms with van der Waals surface area (Å²) < 4.78 is 13.0. The van der Waals surface area contributed by atoms with Crippen LogP contribution >= 0.6 is 24.0 Å². The molecule has 0 aromatic heterocycles. The number of benzene rings is 2. The monoisotopic (exact) mass is 306 g/mol. The van der Waals surface area contributed by atoms with Crippen molar-refractivity contribution >= 4 is 40.3 Å². The van der Waals surface area contributed by atoms with Crippen molar-refractivity contribution in [2.45, 2.75) is 4.90 Å². The molecule has 0 bridgehead atoms. The molecular weight excluding hydrogens is 291 g/mol. The van der Waals surface area contributed by atoms with E-state index in [0.717, 1.165) is 21.8 Å². The molecule has 0 spiro atoms. The van der Waals surface area contributed by atoms with E-state index in [1.165, 1.54) is 12.1 Å². The second kappa shape index (κ2) is 6.24. The maximum atomic E-state index is 13.0. The van der Waals surface area contributed by atoms with Gasteiger partial charge in [-0.2, -0.15) is 0 Å². The highest BCUT2D eigenvalue weighted by Crippen LogP contribution is 2.32. The van der Waals surface area contributed by atoms with Crippen LogP contribution in [0.3, 0.4) is 0 Å². The molecule has 0 aliphatic rings. The number of nitrogens with two attached hydrogens (primary N) is 1. The Bertz CT molecular complexity index is 626. The van der Waals surface area contributed by atoms with Crippen LogP contribution in [0.5, 0.6) is 0 Å². The Kier molecular flexibility index (Phi) is 4.62. The Labute approximate surface area is 127 Å². The predicted molar refractivity (Wildman–Crippen MR) is 88.6 cm³/mol. The van der Waals surface area contributed by atoms with Gasteiger partial charge in [-0.3, -0.25) is 0 Å². The largest absolute Gasteiger partial charge is 0.389 e. The SMILES string of the molecule is CSc1cccc(N(C)c2ccc(F)cc2)c1C(N)=S. The van der Waals surface area contributed by atoms with Crippen molar-refractivity contribution in [1.29, 1.82) is 0 Å². The molecule has 0 radical (unpaired) electrons. The topological polar surface area (TPSA) is 29.3 Å². The first-order valence-electron chi connectivity index (χ1n) is 6.00. The molecule has 104 valence electrons. The van der Waals surface area contributed by atoms with Gasteiger partial charge in [-0.25, -0.2) is 4.39 Å². The van der Waals surface area contributed by atoms with Gasteiger partial charge in [0, 0.05) is 23.2 Å². The zero-order chi connectivity index (χ0) is 14.7. The van der Waals surface area contributed by atoms with Crippen LogP contribution in [0.4, 0.5) is 15.8 Å².